The lowest BCUT2D eigenvalue weighted by molar-refractivity contribution is 0.0696. The number of benzene rings is 1. The molecule has 0 fully saturated rings. The van der Waals surface area contributed by atoms with E-state index in [0.29, 0.717) is 6.07 Å². The van der Waals surface area contributed by atoms with Gasteiger partial charge in [-0.1, -0.05) is 0 Å². The smallest absolute Gasteiger partial charge is 0.335 e. The number of hydrogen-bond donors (Lipinski definition) is 2. The summed E-state index contributed by atoms with van der Waals surface area (Å²) >= 11 is 1.45. The molecule has 0 aliphatic carbocycles. The summed E-state index contributed by atoms with van der Waals surface area (Å²) in [5.41, 5.74) is 1.45. The summed E-state index contributed by atoms with van der Waals surface area (Å²) in [4.78, 5) is 10.1. The highest BCUT2D eigenvalue weighted by Crippen LogP contribution is 2.18. The van der Waals surface area contributed by atoms with Gasteiger partial charge in [0.1, 0.15) is 10.7 Å². The first-order valence-electron chi connectivity index (χ1n) is 5.85. The van der Waals surface area contributed by atoms with Gasteiger partial charge in [-0.05, 0) is 47.0 Å². The van der Waals surface area contributed by atoms with Crippen molar-refractivity contribution >= 4 is 27.3 Å². The van der Waals surface area contributed by atoms with Crippen molar-refractivity contribution in [2.24, 2.45) is 0 Å². The van der Waals surface area contributed by atoms with Gasteiger partial charge in [-0.25, -0.2) is 22.3 Å². The van der Waals surface area contributed by atoms with Gasteiger partial charge in [0.05, 0.1) is 5.56 Å². The summed E-state index contributed by atoms with van der Waals surface area (Å²) in [6.45, 7) is 1.90. The highest BCUT2D eigenvalue weighted by molar-refractivity contribution is 7.89. The summed E-state index contributed by atoms with van der Waals surface area (Å²) < 4.78 is 40.2. The minimum absolute atomic E-state index is 0.0534. The fraction of sp³-hybridized carbons (Fsp3) is 0.154. The summed E-state index contributed by atoms with van der Waals surface area (Å²) in [5.74, 6) is -2.41. The topological polar surface area (TPSA) is 83.5 Å². The molecule has 2 N–H and O–H groups in total. The molecule has 0 spiro atoms. The Labute approximate surface area is 125 Å². The van der Waals surface area contributed by atoms with Crippen molar-refractivity contribution in [1.29, 1.82) is 0 Å². The van der Waals surface area contributed by atoms with E-state index in [9.17, 15) is 17.6 Å². The van der Waals surface area contributed by atoms with Crippen molar-refractivity contribution in [3.05, 3.63) is 51.5 Å². The Balaban J connectivity index is 2.23. The van der Waals surface area contributed by atoms with Crippen LogP contribution in [-0.4, -0.2) is 19.5 Å². The highest BCUT2D eigenvalue weighted by Gasteiger charge is 2.20. The van der Waals surface area contributed by atoms with E-state index in [0.717, 1.165) is 23.3 Å². The Bertz CT molecular complexity index is 783. The van der Waals surface area contributed by atoms with Gasteiger partial charge in [-0.2, -0.15) is 11.3 Å². The van der Waals surface area contributed by atoms with Crippen molar-refractivity contribution in [3.63, 3.8) is 0 Å². The molecular weight excluding hydrogens is 317 g/mol. The molecule has 0 saturated carbocycles. The van der Waals surface area contributed by atoms with Crippen molar-refractivity contribution in [1.82, 2.24) is 4.72 Å². The van der Waals surface area contributed by atoms with E-state index in [4.69, 9.17) is 5.11 Å². The van der Waals surface area contributed by atoms with Gasteiger partial charge in [0.2, 0.25) is 10.0 Å². The van der Waals surface area contributed by atoms with Crippen LogP contribution in [0.3, 0.4) is 0 Å². The number of sulfonamides is 1. The van der Waals surface area contributed by atoms with Crippen LogP contribution in [0.2, 0.25) is 0 Å². The van der Waals surface area contributed by atoms with E-state index in [-0.39, 0.29) is 12.1 Å². The second kappa shape index (κ2) is 5.92. The number of aromatic carboxylic acids is 1. The van der Waals surface area contributed by atoms with Crippen LogP contribution in [0.1, 0.15) is 21.5 Å². The molecule has 8 heteroatoms. The number of carboxylic acid groups (broad SMARTS) is 1. The third kappa shape index (κ3) is 3.46. The maximum atomic E-state index is 13.8. The molecule has 0 saturated heterocycles. The number of hydrogen-bond acceptors (Lipinski definition) is 4. The first-order valence-corrected chi connectivity index (χ1v) is 8.28. The second-order valence-electron chi connectivity index (χ2n) is 4.35. The SMILES string of the molecule is Cc1cscc1CNS(=O)(=O)c1ccc(C(=O)O)cc1F. The molecule has 0 bridgehead atoms. The zero-order valence-electron chi connectivity index (χ0n) is 11.0. The molecule has 0 atom stereocenters. The Hall–Kier alpha value is -1.77. The van der Waals surface area contributed by atoms with Crippen LogP contribution in [0.25, 0.3) is 0 Å². The fourth-order valence-electron chi connectivity index (χ4n) is 1.67. The lowest BCUT2D eigenvalue weighted by Gasteiger charge is -2.08. The maximum Gasteiger partial charge on any atom is 0.335 e. The third-order valence-corrected chi connectivity index (χ3v) is 5.23. The molecule has 21 heavy (non-hydrogen) atoms. The Morgan fingerprint density at radius 3 is 2.62 bits per heavy atom. The number of aryl methyl sites for hydroxylation is 1. The van der Waals surface area contributed by atoms with Crippen molar-refractivity contribution in [2.45, 2.75) is 18.4 Å². The second-order valence-corrected chi connectivity index (χ2v) is 6.83. The molecule has 0 radical (unpaired) electrons. The molecule has 2 rings (SSSR count). The summed E-state index contributed by atoms with van der Waals surface area (Å²) in [6.07, 6.45) is 0. The molecule has 112 valence electrons. The van der Waals surface area contributed by atoms with Gasteiger partial charge in [-0.3, -0.25) is 0 Å². The average Bonchev–Trinajstić information content (AvgIpc) is 2.81. The van der Waals surface area contributed by atoms with Crippen molar-refractivity contribution in [2.75, 3.05) is 0 Å². The van der Waals surface area contributed by atoms with Gasteiger partial charge < -0.3 is 5.11 Å². The Morgan fingerprint density at radius 2 is 2.10 bits per heavy atom. The van der Waals surface area contributed by atoms with Crippen LogP contribution >= 0.6 is 11.3 Å². The van der Waals surface area contributed by atoms with Crippen LogP contribution in [-0.2, 0) is 16.6 Å². The number of rotatable bonds is 5. The van der Waals surface area contributed by atoms with E-state index in [2.05, 4.69) is 4.72 Å². The number of thiophene rings is 1. The van der Waals surface area contributed by atoms with Crippen LogP contribution in [0.15, 0.2) is 33.9 Å². The molecule has 1 aromatic heterocycles. The van der Waals surface area contributed by atoms with E-state index in [1.807, 2.05) is 17.7 Å². The van der Waals surface area contributed by atoms with Crippen LogP contribution in [0, 0.1) is 12.7 Å². The quantitative estimate of drug-likeness (QED) is 0.882. The third-order valence-electron chi connectivity index (χ3n) is 2.88. The first-order chi connectivity index (χ1) is 9.81. The average molecular weight is 329 g/mol. The first kappa shape index (κ1) is 15.6. The minimum Gasteiger partial charge on any atom is -0.478 e. The number of carboxylic acids is 1. The monoisotopic (exact) mass is 329 g/mol. The normalized spacial score (nSPS) is 11.5. The van der Waals surface area contributed by atoms with Gasteiger partial charge in [-0.15, -0.1) is 0 Å². The fourth-order valence-corrected chi connectivity index (χ4v) is 3.59. The van der Waals surface area contributed by atoms with E-state index in [1.54, 1.807) is 0 Å². The van der Waals surface area contributed by atoms with Crippen LogP contribution < -0.4 is 4.72 Å². The zero-order valence-corrected chi connectivity index (χ0v) is 12.6. The molecule has 1 aromatic carbocycles. The standard InChI is InChI=1S/C13H12FNO4S2/c1-8-6-20-7-10(8)5-15-21(18,19)12-3-2-9(13(16)17)4-11(12)14/h2-4,6-7,15H,5H2,1H3,(H,16,17). The van der Waals surface area contributed by atoms with Crippen LogP contribution in [0.4, 0.5) is 4.39 Å². The van der Waals surface area contributed by atoms with Gasteiger partial charge in [0.25, 0.3) is 0 Å². The lowest BCUT2D eigenvalue weighted by Crippen LogP contribution is -2.24. The molecule has 0 amide bonds. The zero-order chi connectivity index (χ0) is 15.6. The van der Waals surface area contributed by atoms with Gasteiger partial charge in [0, 0.05) is 6.54 Å². The van der Waals surface area contributed by atoms with Crippen LogP contribution in [0.5, 0.6) is 0 Å². The summed E-state index contributed by atoms with van der Waals surface area (Å²) in [6, 6.07) is 2.68. The molecular formula is C13H12FNO4S2. The van der Waals surface area contributed by atoms with E-state index < -0.39 is 26.7 Å². The summed E-state index contributed by atoms with van der Waals surface area (Å²) in [5, 5.41) is 12.4. The molecule has 0 aliphatic rings. The molecule has 2 aromatic rings. The molecule has 5 nitrogen and oxygen atoms in total. The van der Waals surface area contributed by atoms with Crippen molar-refractivity contribution in [3.8, 4) is 0 Å². The lowest BCUT2D eigenvalue weighted by atomic mass is 10.2. The van der Waals surface area contributed by atoms with Crippen molar-refractivity contribution < 1.29 is 22.7 Å². The summed E-state index contributed by atoms with van der Waals surface area (Å²) in [7, 11) is -4.04. The predicted molar refractivity (Wildman–Crippen MR) is 76.4 cm³/mol. The predicted octanol–water partition coefficient (Wildman–Crippen LogP) is 2.37. The molecule has 0 aliphatic heterocycles. The van der Waals surface area contributed by atoms with Gasteiger partial charge >= 0.3 is 5.97 Å². The maximum absolute atomic E-state index is 13.8. The number of carbonyl (C=O) groups is 1. The highest BCUT2D eigenvalue weighted by atomic mass is 32.2. The van der Waals surface area contributed by atoms with E-state index in [1.165, 1.54) is 11.3 Å². The molecule has 1 heterocycles. The van der Waals surface area contributed by atoms with Gasteiger partial charge in [0.15, 0.2) is 0 Å². The Kier molecular flexibility index (Phi) is 4.40. The number of nitrogens with one attached hydrogen (secondary N) is 1. The Morgan fingerprint density at radius 1 is 1.38 bits per heavy atom. The van der Waals surface area contributed by atoms with E-state index >= 15 is 0 Å². The minimum atomic E-state index is -4.04. The number of halogens is 1. The molecule has 0 unspecified atom stereocenters. The largest absolute Gasteiger partial charge is 0.478 e.